The van der Waals surface area contributed by atoms with Crippen molar-refractivity contribution in [1.29, 1.82) is 0 Å². The summed E-state index contributed by atoms with van der Waals surface area (Å²) in [5.74, 6) is 1.86. The summed E-state index contributed by atoms with van der Waals surface area (Å²) in [6.07, 6.45) is 2.06. The molecular formula is C23H21NO3. The molecule has 1 aromatic heterocycles. The molecule has 0 atom stereocenters. The van der Waals surface area contributed by atoms with Crippen molar-refractivity contribution in [2.24, 2.45) is 0 Å². The minimum atomic E-state index is 0.590. The lowest BCUT2D eigenvalue weighted by atomic mass is 10.1. The molecule has 3 aromatic carbocycles. The van der Waals surface area contributed by atoms with E-state index in [0.29, 0.717) is 17.2 Å². The fraction of sp³-hybridized carbons (Fsp3) is 0.130. The molecule has 0 aliphatic heterocycles. The van der Waals surface area contributed by atoms with E-state index in [1.807, 2.05) is 18.2 Å². The first-order valence-corrected chi connectivity index (χ1v) is 8.72. The Morgan fingerprint density at radius 2 is 1.37 bits per heavy atom. The van der Waals surface area contributed by atoms with Crippen molar-refractivity contribution in [3.8, 4) is 34.2 Å². The molecule has 1 heterocycles. The van der Waals surface area contributed by atoms with Gasteiger partial charge in [-0.2, -0.15) is 0 Å². The molecule has 4 aromatic rings. The van der Waals surface area contributed by atoms with Gasteiger partial charge in [-0.3, -0.25) is 0 Å². The SMILES string of the molecule is COc1cc(-c2cccn2-c2ccc3ccccc3c2)cc(OC)c1OC. The van der Waals surface area contributed by atoms with E-state index in [9.17, 15) is 0 Å². The van der Waals surface area contributed by atoms with Crippen LogP contribution in [0.5, 0.6) is 17.2 Å². The first-order valence-electron chi connectivity index (χ1n) is 8.72. The number of aromatic nitrogens is 1. The third-order valence-corrected chi connectivity index (χ3v) is 4.72. The maximum atomic E-state index is 5.51. The van der Waals surface area contributed by atoms with Gasteiger partial charge < -0.3 is 18.8 Å². The zero-order valence-corrected chi connectivity index (χ0v) is 15.6. The van der Waals surface area contributed by atoms with Gasteiger partial charge in [-0.15, -0.1) is 0 Å². The molecule has 0 bridgehead atoms. The molecule has 0 saturated carbocycles. The zero-order valence-electron chi connectivity index (χ0n) is 15.6. The van der Waals surface area contributed by atoms with E-state index in [2.05, 4.69) is 59.3 Å². The van der Waals surface area contributed by atoms with Crippen molar-refractivity contribution in [1.82, 2.24) is 4.57 Å². The number of nitrogens with zero attached hydrogens (tertiary/aromatic N) is 1. The highest BCUT2D eigenvalue weighted by Crippen LogP contribution is 2.41. The van der Waals surface area contributed by atoms with E-state index >= 15 is 0 Å². The summed E-state index contributed by atoms with van der Waals surface area (Å²) in [7, 11) is 4.87. The van der Waals surface area contributed by atoms with Crippen LogP contribution in [-0.4, -0.2) is 25.9 Å². The van der Waals surface area contributed by atoms with Crippen LogP contribution >= 0.6 is 0 Å². The van der Waals surface area contributed by atoms with Crippen molar-refractivity contribution in [3.63, 3.8) is 0 Å². The molecule has 0 N–H and O–H groups in total. The van der Waals surface area contributed by atoms with Gasteiger partial charge in [-0.1, -0.05) is 30.3 Å². The predicted octanol–water partition coefficient (Wildman–Crippen LogP) is 5.32. The highest BCUT2D eigenvalue weighted by molar-refractivity contribution is 5.84. The molecule has 27 heavy (non-hydrogen) atoms. The van der Waals surface area contributed by atoms with Gasteiger partial charge >= 0.3 is 0 Å². The van der Waals surface area contributed by atoms with Crippen LogP contribution in [0, 0.1) is 0 Å². The summed E-state index contributed by atoms with van der Waals surface area (Å²) < 4.78 is 18.6. The molecule has 0 radical (unpaired) electrons. The van der Waals surface area contributed by atoms with E-state index in [1.165, 1.54) is 10.8 Å². The third-order valence-electron chi connectivity index (χ3n) is 4.72. The molecule has 4 heteroatoms. The van der Waals surface area contributed by atoms with Gasteiger partial charge in [0.2, 0.25) is 5.75 Å². The molecule has 0 unspecified atom stereocenters. The molecule has 0 fully saturated rings. The minimum Gasteiger partial charge on any atom is -0.493 e. The quantitative estimate of drug-likeness (QED) is 0.483. The number of ether oxygens (including phenoxy) is 3. The van der Waals surface area contributed by atoms with E-state index in [-0.39, 0.29) is 0 Å². The Morgan fingerprint density at radius 1 is 0.667 bits per heavy atom. The number of hydrogen-bond donors (Lipinski definition) is 0. The minimum absolute atomic E-state index is 0.590. The molecule has 4 nitrogen and oxygen atoms in total. The molecule has 0 amide bonds. The molecule has 0 aliphatic rings. The lowest BCUT2D eigenvalue weighted by Crippen LogP contribution is -1.98. The number of hydrogen-bond acceptors (Lipinski definition) is 3. The first-order chi connectivity index (χ1) is 13.2. The fourth-order valence-electron chi connectivity index (χ4n) is 3.40. The van der Waals surface area contributed by atoms with Crippen LogP contribution in [0.4, 0.5) is 0 Å². The zero-order chi connectivity index (χ0) is 18.8. The normalized spacial score (nSPS) is 10.8. The highest BCUT2D eigenvalue weighted by Gasteiger charge is 2.16. The lowest BCUT2D eigenvalue weighted by Gasteiger charge is -2.16. The topological polar surface area (TPSA) is 32.6 Å². The maximum absolute atomic E-state index is 5.51. The van der Waals surface area contributed by atoms with Crippen LogP contribution in [-0.2, 0) is 0 Å². The van der Waals surface area contributed by atoms with Crippen LogP contribution < -0.4 is 14.2 Å². The highest BCUT2D eigenvalue weighted by atomic mass is 16.5. The Morgan fingerprint density at radius 3 is 2.04 bits per heavy atom. The number of methoxy groups -OCH3 is 3. The molecule has 0 saturated heterocycles. The van der Waals surface area contributed by atoms with Gasteiger partial charge in [0.05, 0.1) is 27.0 Å². The van der Waals surface area contributed by atoms with Crippen molar-refractivity contribution in [2.75, 3.05) is 21.3 Å². The Hall–Kier alpha value is -3.40. The van der Waals surface area contributed by atoms with Crippen LogP contribution in [0.1, 0.15) is 0 Å². The average molecular weight is 359 g/mol. The molecule has 4 rings (SSSR count). The second-order valence-electron chi connectivity index (χ2n) is 6.21. The second-order valence-corrected chi connectivity index (χ2v) is 6.21. The van der Waals surface area contributed by atoms with Crippen LogP contribution in [0.2, 0.25) is 0 Å². The lowest BCUT2D eigenvalue weighted by molar-refractivity contribution is 0.324. The van der Waals surface area contributed by atoms with Crippen molar-refractivity contribution < 1.29 is 14.2 Å². The average Bonchev–Trinajstić information content (AvgIpc) is 3.22. The number of fused-ring (bicyclic) bond motifs is 1. The summed E-state index contributed by atoms with van der Waals surface area (Å²) in [5.41, 5.74) is 3.13. The summed E-state index contributed by atoms with van der Waals surface area (Å²) in [5, 5.41) is 2.43. The monoisotopic (exact) mass is 359 g/mol. The second kappa shape index (κ2) is 7.08. The van der Waals surface area contributed by atoms with Crippen molar-refractivity contribution in [3.05, 3.63) is 72.9 Å². The smallest absolute Gasteiger partial charge is 0.203 e. The molecule has 136 valence electrons. The first kappa shape index (κ1) is 17.0. The van der Waals surface area contributed by atoms with Gasteiger partial charge in [0, 0.05) is 17.4 Å². The van der Waals surface area contributed by atoms with Crippen LogP contribution in [0.3, 0.4) is 0 Å². The van der Waals surface area contributed by atoms with Crippen LogP contribution in [0.15, 0.2) is 72.9 Å². The maximum Gasteiger partial charge on any atom is 0.203 e. The Kier molecular flexibility index (Phi) is 4.47. The van der Waals surface area contributed by atoms with Gasteiger partial charge in [0.1, 0.15) is 0 Å². The Bertz CT molecular complexity index is 1070. The molecular weight excluding hydrogens is 338 g/mol. The summed E-state index contributed by atoms with van der Waals surface area (Å²) in [4.78, 5) is 0. The Labute approximate surface area is 158 Å². The van der Waals surface area contributed by atoms with E-state index < -0.39 is 0 Å². The van der Waals surface area contributed by atoms with Gasteiger partial charge in [-0.05, 0) is 47.2 Å². The summed E-state index contributed by atoms with van der Waals surface area (Å²) in [6.45, 7) is 0. The summed E-state index contributed by atoms with van der Waals surface area (Å²) >= 11 is 0. The van der Waals surface area contributed by atoms with Crippen molar-refractivity contribution in [2.45, 2.75) is 0 Å². The number of rotatable bonds is 5. The third kappa shape index (κ3) is 2.99. The summed E-state index contributed by atoms with van der Waals surface area (Å²) in [6, 6.07) is 22.9. The van der Waals surface area contributed by atoms with Gasteiger partial charge in [-0.25, -0.2) is 0 Å². The number of benzene rings is 3. The Balaban J connectivity index is 1.86. The predicted molar refractivity (Wildman–Crippen MR) is 108 cm³/mol. The fourth-order valence-corrected chi connectivity index (χ4v) is 3.40. The van der Waals surface area contributed by atoms with E-state index in [4.69, 9.17) is 14.2 Å². The van der Waals surface area contributed by atoms with E-state index in [0.717, 1.165) is 16.9 Å². The van der Waals surface area contributed by atoms with Crippen molar-refractivity contribution >= 4 is 10.8 Å². The molecule has 0 spiro atoms. The largest absolute Gasteiger partial charge is 0.493 e. The van der Waals surface area contributed by atoms with Gasteiger partial charge in [0.15, 0.2) is 11.5 Å². The van der Waals surface area contributed by atoms with Crippen LogP contribution in [0.25, 0.3) is 27.7 Å². The van der Waals surface area contributed by atoms with Gasteiger partial charge in [0.25, 0.3) is 0 Å². The molecule has 0 aliphatic carbocycles. The van der Waals surface area contributed by atoms with E-state index in [1.54, 1.807) is 21.3 Å². The standard InChI is InChI=1S/C23H21NO3/c1-25-21-14-18(15-22(26-2)23(21)27-3)20-9-6-12-24(20)19-11-10-16-7-4-5-8-17(16)13-19/h4-15H,1-3H3.